The second-order valence-electron chi connectivity index (χ2n) is 11.2. The molecule has 4 rings (SSSR count). The zero-order valence-electron chi connectivity index (χ0n) is 24.9. The Morgan fingerprint density at radius 2 is 1.78 bits per heavy atom. The molecule has 0 atom stereocenters. The topological polar surface area (TPSA) is 96.5 Å². The fraction of sp³-hybridized carbons (Fsp3) is 0.484. The van der Waals surface area contributed by atoms with Crippen LogP contribution in [0.4, 0.5) is 23.1 Å². The predicted octanol–water partition coefficient (Wildman–Crippen LogP) is 7.48. The van der Waals surface area contributed by atoms with E-state index in [2.05, 4.69) is 51.5 Å². The lowest BCUT2D eigenvalue weighted by Crippen LogP contribution is -2.33. The van der Waals surface area contributed by atoms with Gasteiger partial charge in [-0.1, -0.05) is 30.7 Å². The van der Waals surface area contributed by atoms with Gasteiger partial charge in [-0.15, -0.1) is 0 Å². The van der Waals surface area contributed by atoms with E-state index in [9.17, 15) is 8.42 Å². The molecule has 0 radical (unpaired) electrons. The van der Waals surface area contributed by atoms with Crippen LogP contribution in [0.2, 0.25) is 5.02 Å². The maximum atomic E-state index is 12.9. The summed E-state index contributed by atoms with van der Waals surface area (Å²) < 4.78 is 32.1. The molecule has 1 aliphatic heterocycles. The lowest BCUT2D eigenvalue weighted by molar-refractivity contribution is 0.211. The van der Waals surface area contributed by atoms with Gasteiger partial charge in [0.15, 0.2) is 15.7 Å². The number of ether oxygens (including phenoxy) is 1. The number of benzene rings is 2. The average molecular weight is 600 g/mol. The number of likely N-dealkylation sites (tertiary alicyclic amines) is 1. The van der Waals surface area contributed by atoms with Crippen LogP contribution in [0.1, 0.15) is 70.9 Å². The third-order valence-electron chi connectivity index (χ3n) is 7.36. The number of para-hydroxylation sites is 1. The van der Waals surface area contributed by atoms with Crippen LogP contribution >= 0.6 is 11.6 Å². The number of aromatic nitrogens is 2. The van der Waals surface area contributed by atoms with E-state index < -0.39 is 15.1 Å². The van der Waals surface area contributed by atoms with Crippen molar-refractivity contribution in [3.8, 4) is 5.75 Å². The van der Waals surface area contributed by atoms with Gasteiger partial charge in [0.1, 0.15) is 10.8 Å². The molecule has 10 heteroatoms. The van der Waals surface area contributed by atoms with Crippen molar-refractivity contribution in [2.75, 3.05) is 30.3 Å². The first-order valence-corrected chi connectivity index (χ1v) is 16.3. The Morgan fingerprint density at radius 3 is 2.44 bits per heavy atom. The van der Waals surface area contributed by atoms with Crippen molar-refractivity contribution in [1.82, 2.24) is 14.9 Å². The Morgan fingerprint density at radius 1 is 1.07 bits per heavy atom. The van der Waals surface area contributed by atoms with E-state index in [0.29, 0.717) is 23.4 Å². The highest BCUT2D eigenvalue weighted by atomic mass is 35.5. The molecular formula is C31H42ClN5O3S. The van der Waals surface area contributed by atoms with Crippen LogP contribution in [0.25, 0.3) is 0 Å². The average Bonchev–Trinajstić information content (AvgIpc) is 2.92. The molecule has 0 spiro atoms. The van der Waals surface area contributed by atoms with Crippen LogP contribution in [0.5, 0.6) is 5.75 Å². The monoisotopic (exact) mass is 599 g/mol. The molecule has 2 N–H and O–H groups in total. The van der Waals surface area contributed by atoms with Gasteiger partial charge in [-0.05, 0) is 115 Å². The van der Waals surface area contributed by atoms with Gasteiger partial charge in [0.05, 0.1) is 33.8 Å². The molecule has 1 fully saturated rings. The summed E-state index contributed by atoms with van der Waals surface area (Å²) in [5.74, 6) is 1.86. The molecule has 3 aromatic rings. The van der Waals surface area contributed by atoms with Gasteiger partial charge in [0, 0.05) is 0 Å². The summed E-state index contributed by atoms with van der Waals surface area (Å²) in [6.45, 7) is 15.1. The molecule has 1 aromatic heterocycles. The Hall–Kier alpha value is -2.88. The summed E-state index contributed by atoms with van der Waals surface area (Å²) in [4.78, 5) is 11.7. The summed E-state index contributed by atoms with van der Waals surface area (Å²) in [5, 5.41) is 6.13. The second-order valence-corrected chi connectivity index (χ2v) is 14.1. The van der Waals surface area contributed by atoms with Crippen LogP contribution in [0.3, 0.4) is 0 Å². The molecule has 222 valence electrons. The Labute approximate surface area is 249 Å². The van der Waals surface area contributed by atoms with Gasteiger partial charge in [-0.25, -0.2) is 13.4 Å². The highest BCUT2D eigenvalue weighted by Crippen LogP contribution is 2.38. The first-order chi connectivity index (χ1) is 19.5. The van der Waals surface area contributed by atoms with E-state index in [1.165, 1.54) is 23.7 Å². The minimum absolute atomic E-state index is 0.0136. The Balaban J connectivity index is 1.62. The minimum atomic E-state index is -3.52. The predicted molar refractivity (Wildman–Crippen MR) is 168 cm³/mol. The van der Waals surface area contributed by atoms with E-state index >= 15 is 0 Å². The van der Waals surface area contributed by atoms with Crippen molar-refractivity contribution in [2.24, 2.45) is 0 Å². The molecule has 8 nitrogen and oxygen atoms in total. The molecule has 0 amide bonds. The van der Waals surface area contributed by atoms with Crippen molar-refractivity contribution in [3.63, 3.8) is 0 Å². The van der Waals surface area contributed by atoms with Gasteiger partial charge >= 0.3 is 0 Å². The second kappa shape index (κ2) is 13.4. The summed E-state index contributed by atoms with van der Waals surface area (Å²) in [6, 6.07) is 11.0. The molecule has 1 aliphatic rings. The maximum absolute atomic E-state index is 12.9. The number of anilines is 4. The van der Waals surface area contributed by atoms with Gasteiger partial charge in [-0.2, -0.15) is 4.98 Å². The Bertz CT molecular complexity index is 1450. The Kier molecular flexibility index (Phi) is 10.2. The number of hydrogen-bond donors (Lipinski definition) is 2. The number of aryl methyl sites for hydroxylation is 1. The zero-order valence-corrected chi connectivity index (χ0v) is 26.4. The quantitative estimate of drug-likeness (QED) is 0.234. The van der Waals surface area contributed by atoms with Gasteiger partial charge < -0.3 is 20.3 Å². The van der Waals surface area contributed by atoms with Crippen molar-refractivity contribution in [3.05, 3.63) is 58.7 Å². The van der Waals surface area contributed by atoms with Crippen molar-refractivity contribution in [1.29, 1.82) is 0 Å². The van der Waals surface area contributed by atoms with Gasteiger partial charge in [0.2, 0.25) is 5.95 Å². The number of hydrogen-bond acceptors (Lipinski definition) is 8. The van der Waals surface area contributed by atoms with E-state index in [-0.39, 0.29) is 16.0 Å². The molecule has 0 unspecified atom stereocenters. The molecule has 41 heavy (non-hydrogen) atoms. The summed E-state index contributed by atoms with van der Waals surface area (Å²) in [6.07, 6.45) is 4.94. The number of nitrogens with one attached hydrogen (secondary N) is 2. The SMILES string of the molecule is CCCN1CCC(c2cc(OC(C)C)c(Nc3ncc(Cl)c(Nc4ccccc4S(=O)(=O)C(C)C)n3)cc2C)CC1. The first kappa shape index (κ1) is 31.1. The highest BCUT2D eigenvalue weighted by Gasteiger charge is 2.25. The third kappa shape index (κ3) is 7.50. The highest BCUT2D eigenvalue weighted by molar-refractivity contribution is 7.92. The van der Waals surface area contributed by atoms with Crippen LogP contribution in [0, 0.1) is 6.92 Å². The standard InChI is InChI=1S/C31H42ClN5O3S/c1-7-14-37-15-12-23(13-16-37)24-18-28(40-20(2)3)27(17-22(24)6)35-31-33-19-25(32)30(36-31)34-26-10-8-9-11-29(26)41(38,39)21(4)5/h8-11,17-21,23H,7,12-16H2,1-6H3,(H2,33,34,35,36). The van der Waals surface area contributed by atoms with E-state index in [0.717, 1.165) is 43.9 Å². The molecule has 1 saturated heterocycles. The number of halogens is 1. The van der Waals surface area contributed by atoms with Crippen LogP contribution < -0.4 is 15.4 Å². The molecule has 0 bridgehead atoms. The van der Waals surface area contributed by atoms with Crippen molar-refractivity contribution < 1.29 is 13.2 Å². The summed E-state index contributed by atoms with van der Waals surface area (Å²) in [5.41, 5.74) is 3.68. The lowest BCUT2D eigenvalue weighted by Gasteiger charge is -2.33. The van der Waals surface area contributed by atoms with Crippen LogP contribution in [-0.4, -0.2) is 54.3 Å². The fourth-order valence-corrected chi connectivity index (χ4v) is 6.55. The smallest absolute Gasteiger partial charge is 0.229 e. The lowest BCUT2D eigenvalue weighted by atomic mass is 9.86. The van der Waals surface area contributed by atoms with Crippen molar-refractivity contribution >= 4 is 44.6 Å². The maximum Gasteiger partial charge on any atom is 0.229 e. The number of sulfone groups is 1. The van der Waals surface area contributed by atoms with Gasteiger partial charge in [0.25, 0.3) is 0 Å². The normalized spacial score (nSPS) is 15.0. The first-order valence-electron chi connectivity index (χ1n) is 14.4. The van der Waals surface area contributed by atoms with E-state index in [1.54, 1.807) is 38.1 Å². The number of nitrogens with zero attached hydrogens (tertiary/aromatic N) is 3. The number of piperidine rings is 1. The largest absolute Gasteiger partial charge is 0.489 e. The fourth-order valence-electron chi connectivity index (χ4n) is 5.21. The van der Waals surface area contributed by atoms with E-state index in [4.69, 9.17) is 16.3 Å². The zero-order chi connectivity index (χ0) is 29.7. The minimum Gasteiger partial charge on any atom is -0.489 e. The molecule has 2 aromatic carbocycles. The van der Waals surface area contributed by atoms with Crippen LogP contribution in [-0.2, 0) is 9.84 Å². The number of rotatable bonds is 11. The molecular weight excluding hydrogens is 558 g/mol. The van der Waals surface area contributed by atoms with Crippen LogP contribution in [0.15, 0.2) is 47.5 Å². The summed E-state index contributed by atoms with van der Waals surface area (Å²) in [7, 11) is -3.52. The summed E-state index contributed by atoms with van der Waals surface area (Å²) >= 11 is 6.45. The van der Waals surface area contributed by atoms with Gasteiger partial charge in [-0.3, -0.25) is 0 Å². The molecule has 2 heterocycles. The molecule has 0 saturated carbocycles. The van der Waals surface area contributed by atoms with E-state index in [1.807, 2.05) is 13.8 Å². The van der Waals surface area contributed by atoms with Crippen molar-refractivity contribution in [2.45, 2.75) is 83.0 Å². The molecule has 0 aliphatic carbocycles. The third-order valence-corrected chi connectivity index (χ3v) is 9.84.